The number of fused-ring (bicyclic) bond motifs is 1. The number of imide groups is 1. The number of hydrogen-bond acceptors (Lipinski definition) is 4. The molecule has 2 aliphatic rings. The number of nitriles is 1. The number of benzene rings is 2. The number of hydrogen-bond donors (Lipinski definition) is 0. The standard InChI is InChI=1S/C21H16N2O3/c22-13-14-9-11-15(12-10-14)26-19-8-4-3-7-18(19)23-20(24)16-5-1-2-6-17(16)21(23)25/h1-4,7-12,16-17H,5-6H2/t16-,17-/m0/s1. The third-order valence-electron chi connectivity index (χ3n) is 4.82. The zero-order chi connectivity index (χ0) is 18.1. The lowest BCUT2D eigenvalue weighted by Crippen LogP contribution is -2.31. The predicted octanol–water partition coefficient (Wildman–Crippen LogP) is 3.81. The quantitative estimate of drug-likeness (QED) is 0.627. The number of para-hydroxylation sites is 2. The van der Waals surface area contributed by atoms with Crippen LogP contribution >= 0.6 is 0 Å². The first-order valence-electron chi connectivity index (χ1n) is 8.49. The molecular formula is C21H16N2O3. The maximum atomic E-state index is 12.8. The van der Waals surface area contributed by atoms with Crippen molar-refractivity contribution in [3.8, 4) is 17.6 Å². The molecule has 5 heteroatoms. The number of ether oxygens (including phenoxy) is 1. The van der Waals surface area contributed by atoms with Crippen LogP contribution in [0.15, 0.2) is 60.7 Å². The van der Waals surface area contributed by atoms with Gasteiger partial charge in [-0.3, -0.25) is 9.59 Å². The molecule has 0 radical (unpaired) electrons. The molecule has 0 N–H and O–H groups in total. The number of anilines is 1. The fourth-order valence-corrected chi connectivity index (χ4v) is 3.49. The summed E-state index contributed by atoms with van der Waals surface area (Å²) in [5, 5.41) is 8.89. The first-order valence-corrected chi connectivity index (χ1v) is 8.49. The molecule has 128 valence electrons. The van der Waals surface area contributed by atoms with Gasteiger partial charge in [-0.25, -0.2) is 4.90 Å². The number of rotatable bonds is 3. The summed E-state index contributed by atoms with van der Waals surface area (Å²) >= 11 is 0. The normalized spacial score (nSPS) is 21.4. The van der Waals surface area contributed by atoms with Crippen LogP contribution in [-0.2, 0) is 9.59 Å². The third-order valence-corrected chi connectivity index (χ3v) is 4.82. The molecule has 2 atom stereocenters. The van der Waals surface area contributed by atoms with Crippen LogP contribution in [0.25, 0.3) is 0 Å². The van der Waals surface area contributed by atoms with Gasteiger partial charge in [-0.1, -0.05) is 24.3 Å². The summed E-state index contributed by atoms with van der Waals surface area (Å²) in [7, 11) is 0. The Balaban J connectivity index is 1.66. The van der Waals surface area contributed by atoms with E-state index in [0.29, 0.717) is 35.6 Å². The zero-order valence-electron chi connectivity index (χ0n) is 14.0. The van der Waals surface area contributed by atoms with Gasteiger partial charge in [0.05, 0.1) is 29.2 Å². The lowest BCUT2D eigenvalue weighted by Gasteiger charge is -2.19. The Hall–Kier alpha value is -3.39. The Morgan fingerprint density at radius 2 is 1.54 bits per heavy atom. The molecule has 2 amide bonds. The molecule has 1 aliphatic heterocycles. The second-order valence-electron chi connectivity index (χ2n) is 6.37. The van der Waals surface area contributed by atoms with Crippen LogP contribution < -0.4 is 9.64 Å². The number of carbonyl (C=O) groups is 2. The van der Waals surface area contributed by atoms with E-state index in [0.717, 1.165) is 0 Å². The Morgan fingerprint density at radius 3 is 2.15 bits per heavy atom. The van der Waals surface area contributed by atoms with Crippen molar-refractivity contribution < 1.29 is 14.3 Å². The average Bonchev–Trinajstić information content (AvgIpc) is 2.94. The van der Waals surface area contributed by atoms with Crippen LogP contribution in [0.2, 0.25) is 0 Å². The maximum absolute atomic E-state index is 12.8. The zero-order valence-corrected chi connectivity index (χ0v) is 14.0. The number of allylic oxidation sites excluding steroid dienone is 2. The summed E-state index contributed by atoms with van der Waals surface area (Å²) in [5.74, 6) is 0.0755. The van der Waals surface area contributed by atoms with E-state index < -0.39 is 0 Å². The molecule has 0 aromatic heterocycles. The maximum Gasteiger partial charge on any atom is 0.238 e. The summed E-state index contributed by atoms with van der Waals surface area (Å²) in [6, 6.07) is 15.8. The van der Waals surface area contributed by atoms with Crippen molar-refractivity contribution in [2.75, 3.05) is 4.90 Å². The van der Waals surface area contributed by atoms with E-state index in [1.54, 1.807) is 48.5 Å². The van der Waals surface area contributed by atoms with Gasteiger partial charge in [0.1, 0.15) is 5.75 Å². The van der Waals surface area contributed by atoms with Crippen LogP contribution in [0.5, 0.6) is 11.5 Å². The molecule has 0 unspecified atom stereocenters. The van der Waals surface area contributed by atoms with Gasteiger partial charge in [0, 0.05) is 0 Å². The van der Waals surface area contributed by atoms with Crippen LogP contribution in [-0.4, -0.2) is 11.8 Å². The Labute approximate surface area is 151 Å². The topological polar surface area (TPSA) is 70.4 Å². The summed E-state index contributed by atoms with van der Waals surface area (Å²) < 4.78 is 5.90. The Morgan fingerprint density at radius 1 is 0.923 bits per heavy atom. The molecule has 2 aromatic rings. The first kappa shape index (κ1) is 16.1. The molecule has 5 nitrogen and oxygen atoms in total. The van der Waals surface area contributed by atoms with E-state index in [1.807, 2.05) is 12.2 Å². The molecule has 1 aliphatic carbocycles. The smallest absolute Gasteiger partial charge is 0.238 e. The first-order chi connectivity index (χ1) is 12.7. The van der Waals surface area contributed by atoms with Crippen molar-refractivity contribution in [1.29, 1.82) is 5.26 Å². The van der Waals surface area contributed by atoms with Crippen molar-refractivity contribution >= 4 is 17.5 Å². The van der Waals surface area contributed by atoms with Crippen molar-refractivity contribution in [3.63, 3.8) is 0 Å². The average molecular weight is 344 g/mol. The molecule has 1 saturated heterocycles. The van der Waals surface area contributed by atoms with Gasteiger partial charge in [0.2, 0.25) is 11.8 Å². The molecule has 4 rings (SSSR count). The monoisotopic (exact) mass is 344 g/mol. The van der Waals surface area contributed by atoms with E-state index in [1.165, 1.54) is 4.90 Å². The van der Waals surface area contributed by atoms with Crippen molar-refractivity contribution in [2.24, 2.45) is 11.8 Å². The van der Waals surface area contributed by atoms with E-state index >= 15 is 0 Å². The summed E-state index contributed by atoms with van der Waals surface area (Å²) in [4.78, 5) is 26.9. The van der Waals surface area contributed by atoms with E-state index in [9.17, 15) is 9.59 Å². The second kappa shape index (κ2) is 6.49. The van der Waals surface area contributed by atoms with Gasteiger partial charge in [0.15, 0.2) is 5.75 Å². The highest BCUT2D eigenvalue weighted by Gasteiger charge is 2.48. The highest BCUT2D eigenvalue weighted by molar-refractivity contribution is 6.22. The van der Waals surface area contributed by atoms with Gasteiger partial charge in [0.25, 0.3) is 0 Å². The minimum atomic E-state index is -0.282. The number of amides is 2. The minimum Gasteiger partial charge on any atom is -0.455 e. The number of carbonyl (C=O) groups excluding carboxylic acids is 2. The van der Waals surface area contributed by atoms with Crippen LogP contribution in [0.4, 0.5) is 5.69 Å². The van der Waals surface area contributed by atoms with Gasteiger partial charge in [-0.05, 0) is 49.2 Å². The van der Waals surface area contributed by atoms with Crippen LogP contribution in [0, 0.1) is 23.2 Å². The van der Waals surface area contributed by atoms with E-state index in [-0.39, 0.29) is 23.7 Å². The highest BCUT2D eigenvalue weighted by Crippen LogP contribution is 2.41. The second-order valence-corrected chi connectivity index (χ2v) is 6.37. The fourth-order valence-electron chi connectivity index (χ4n) is 3.49. The highest BCUT2D eigenvalue weighted by atomic mass is 16.5. The van der Waals surface area contributed by atoms with E-state index in [4.69, 9.17) is 10.00 Å². The molecule has 26 heavy (non-hydrogen) atoms. The molecule has 1 fully saturated rings. The molecule has 0 bridgehead atoms. The summed E-state index contributed by atoms with van der Waals surface area (Å²) in [6.07, 6.45) is 5.14. The molecule has 2 aromatic carbocycles. The molecular weight excluding hydrogens is 328 g/mol. The fraction of sp³-hybridized carbons (Fsp3) is 0.190. The van der Waals surface area contributed by atoms with E-state index in [2.05, 4.69) is 6.07 Å². The summed E-state index contributed by atoms with van der Waals surface area (Å²) in [6.45, 7) is 0. The molecule has 1 heterocycles. The summed E-state index contributed by atoms with van der Waals surface area (Å²) in [5.41, 5.74) is 0.994. The van der Waals surface area contributed by atoms with Crippen molar-refractivity contribution in [2.45, 2.75) is 12.8 Å². The number of nitrogens with zero attached hydrogens (tertiary/aromatic N) is 2. The SMILES string of the molecule is N#Cc1ccc(Oc2ccccc2N2C(=O)[C@H]3CC=CC[C@@H]3C2=O)cc1. The van der Waals surface area contributed by atoms with Crippen molar-refractivity contribution in [3.05, 3.63) is 66.2 Å². The molecule has 0 saturated carbocycles. The lowest BCUT2D eigenvalue weighted by atomic mass is 9.85. The Kier molecular flexibility index (Phi) is 4.02. The molecule has 0 spiro atoms. The van der Waals surface area contributed by atoms with Gasteiger partial charge in [-0.15, -0.1) is 0 Å². The third kappa shape index (κ3) is 2.66. The van der Waals surface area contributed by atoms with Crippen LogP contribution in [0.1, 0.15) is 18.4 Å². The van der Waals surface area contributed by atoms with Gasteiger partial charge in [-0.2, -0.15) is 5.26 Å². The van der Waals surface area contributed by atoms with Crippen LogP contribution in [0.3, 0.4) is 0 Å². The van der Waals surface area contributed by atoms with Gasteiger partial charge < -0.3 is 4.74 Å². The minimum absolute atomic E-state index is 0.166. The Bertz CT molecular complexity index is 914. The van der Waals surface area contributed by atoms with Crippen molar-refractivity contribution in [1.82, 2.24) is 0 Å². The lowest BCUT2D eigenvalue weighted by molar-refractivity contribution is -0.122. The largest absolute Gasteiger partial charge is 0.455 e. The predicted molar refractivity (Wildman–Crippen MR) is 95.5 cm³/mol. The van der Waals surface area contributed by atoms with Gasteiger partial charge >= 0.3 is 0 Å².